The summed E-state index contributed by atoms with van der Waals surface area (Å²) in [5.74, 6) is 0.446. The van der Waals surface area contributed by atoms with Crippen LogP contribution in [0, 0.1) is 0 Å². The molecule has 2 aliphatic heterocycles. The van der Waals surface area contributed by atoms with Crippen LogP contribution in [0.4, 0.5) is 0 Å². The Morgan fingerprint density at radius 2 is 1.89 bits per heavy atom. The van der Waals surface area contributed by atoms with Crippen LogP contribution < -0.4 is 20.9 Å². The van der Waals surface area contributed by atoms with Crippen LogP contribution in [0.3, 0.4) is 0 Å². The molecule has 4 rings (SSSR count). The standard InChI is InChI=1S/C26H33N5O5S2/c1-35-19-6-4-17(5-7-19)22(32)8-9-23(33)31-12-10-18(11-13-31)25-28-21(16-38-25)24(34)29-30-26(37)27-15-20-3-2-14-36-20/h4-7,16,18,20H,2-3,8-15H2,1H3,(H,29,34)(H2,27,30,37). The van der Waals surface area contributed by atoms with E-state index in [9.17, 15) is 14.4 Å². The average molecular weight is 560 g/mol. The summed E-state index contributed by atoms with van der Waals surface area (Å²) in [5.41, 5.74) is 6.19. The maximum absolute atomic E-state index is 12.7. The molecule has 3 heterocycles. The maximum Gasteiger partial charge on any atom is 0.289 e. The minimum atomic E-state index is -0.358. The minimum absolute atomic E-state index is 0.0142. The van der Waals surface area contributed by atoms with Crippen molar-refractivity contribution in [2.45, 2.75) is 50.5 Å². The molecule has 2 aliphatic rings. The van der Waals surface area contributed by atoms with Gasteiger partial charge in [0.15, 0.2) is 10.9 Å². The zero-order valence-electron chi connectivity index (χ0n) is 21.4. The lowest BCUT2D eigenvalue weighted by atomic mass is 9.97. The first kappa shape index (κ1) is 27.9. The van der Waals surface area contributed by atoms with Crippen molar-refractivity contribution in [2.75, 3.05) is 33.4 Å². The summed E-state index contributed by atoms with van der Waals surface area (Å²) in [6, 6.07) is 6.91. The van der Waals surface area contributed by atoms with Gasteiger partial charge in [0.25, 0.3) is 5.91 Å². The largest absolute Gasteiger partial charge is 0.497 e. The van der Waals surface area contributed by atoms with Crippen LogP contribution in [0.5, 0.6) is 5.75 Å². The number of piperidine rings is 1. The van der Waals surface area contributed by atoms with Gasteiger partial charge < -0.3 is 19.7 Å². The van der Waals surface area contributed by atoms with E-state index in [1.807, 2.05) is 4.90 Å². The van der Waals surface area contributed by atoms with Crippen molar-refractivity contribution in [2.24, 2.45) is 0 Å². The number of nitrogens with zero attached hydrogens (tertiary/aromatic N) is 2. The quantitative estimate of drug-likeness (QED) is 0.242. The second-order valence-corrected chi connectivity index (χ2v) is 10.6. The van der Waals surface area contributed by atoms with E-state index >= 15 is 0 Å². The predicted molar refractivity (Wildman–Crippen MR) is 147 cm³/mol. The minimum Gasteiger partial charge on any atom is -0.497 e. The monoisotopic (exact) mass is 559 g/mol. The highest BCUT2D eigenvalue weighted by molar-refractivity contribution is 7.80. The molecule has 0 spiro atoms. The van der Waals surface area contributed by atoms with Gasteiger partial charge in [-0.3, -0.25) is 25.2 Å². The summed E-state index contributed by atoms with van der Waals surface area (Å²) < 4.78 is 10.7. The number of aromatic nitrogens is 1. The number of hydrazine groups is 1. The number of benzene rings is 1. The average Bonchev–Trinajstić information content (AvgIpc) is 3.66. The SMILES string of the molecule is COc1ccc(C(=O)CCC(=O)N2CCC(c3nc(C(=O)NNC(=S)NCC4CCCO4)cs3)CC2)cc1. The molecule has 1 unspecified atom stereocenters. The molecule has 1 aromatic carbocycles. The molecule has 1 atom stereocenters. The summed E-state index contributed by atoms with van der Waals surface area (Å²) in [4.78, 5) is 43.9. The number of amides is 2. The van der Waals surface area contributed by atoms with Gasteiger partial charge in [-0.05, 0) is 62.2 Å². The number of carbonyl (C=O) groups excluding carboxylic acids is 3. The number of thiocarbonyl (C=S) groups is 1. The molecule has 2 amide bonds. The number of methoxy groups -OCH3 is 1. The smallest absolute Gasteiger partial charge is 0.289 e. The first-order chi connectivity index (χ1) is 18.4. The van der Waals surface area contributed by atoms with Crippen LogP contribution in [0.15, 0.2) is 29.6 Å². The summed E-state index contributed by atoms with van der Waals surface area (Å²) in [6.45, 7) is 2.58. The normalized spacial score (nSPS) is 17.6. The molecule has 0 saturated carbocycles. The number of rotatable bonds is 9. The van der Waals surface area contributed by atoms with E-state index in [2.05, 4.69) is 21.2 Å². The van der Waals surface area contributed by atoms with Gasteiger partial charge in [0.1, 0.15) is 11.4 Å². The van der Waals surface area contributed by atoms with Gasteiger partial charge in [-0.15, -0.1) is 11.3 Å². The van der Waals surface area contributed by atoms with Crippen LogP contribution in [-0.4, -0.2) is 72.0 Å². The summed E-state index contributed by atoms with van der Waals surface area (Å²) in [5, 5.41) is 5.98. The number of carbonyl (C=O) groups is 3. The fourth-order valence-electron chi connectivity index (χ4n) is 4.49. The van der Waals surface area contributed by atoms with E-state index < -0.39 is 0 Å². The van der Waals surface area contributed by atoms with E-state index in [0.717, 1.165) is 37.3 Å². The van der Waals surface area contributed by atoms with Crippen molar-refractivity contribution in [3.8, 4) is 5.75 Å². The van der Waals surface area contributed by atoms with Gasteiger partial charge in [0, 0.05) is 55.9 Å². The third kappa shape index (κ3) is 7.71. The Kier molecular flexibility index (Phi) is 10.0. The molecule has 38 heavy (non-hydrogen) atoms. The zero-order valence-corrected chi connectivity index (χ0v) is 23.0. The van der Waals surface area contributed by atoms with E-state index in [1.165, 1.54) is 11.3 Å². The topological polar surface area (TPSA) is 122 Å². The predicted octanol–water partition coefficient (Wildman–Crippen LogP) is 2.81. The second-order valence-electron chi connectivity index (χ2n) is 9.30. The first-order valence-corrected chi connectivity index (χ1v) is 14.1. The van der Waals surface area contributed by atoms with Gasteiger partial charge in [-0.25, -0.2) is 4.98 Å². The Labute approximate surface area is 231 Å². The van der Waals surface area contributed by atoms with E-state index in [4.69, 9.17) is 21.7 Å². The highest BCUT2D eigenvalue weighted by Gasteiger charge is 2.26. The van der Waals surface area contributed by atoms with Gasteiger partial charge in [0.2, 0.25) is 5.91 Å². The van der Waals surface area contributed by atoms with E-state index in [1.54, 1.807) is 36.8 Å². The van der Waals surface area contributed by atoms with Gasteiger partial charge in [-0.2, -0.15) is 0 Å². The number of likely N-dealkylation sites (tertiary alicyclic amines) is 1. The number of ether oxygens (including phenoxy) is 2. The molecule has 204 valence electrons. The number of hydrogen-bond acceptors (Lipinski definition) is 8. The van der Waals surface area contributed by atoms with Crippen molar-refractivity contribution >= 4 is 46.3 Å². The van der Waals surface area contributed by atoms with E-state index in [0.29, 0.717) is 41.8 Å². The lowest BCUT2D eigenvalue weighted by Gasteiger charge is -2.31. The molecule has 1 aromatic heterocycles. The molecule has 0 radical (unpaired) electrons. The van der Waals surface area contributed by atoms with Crippen molar-refractivity contribution in [1.29, 1.82) is 0 Å². The lowest BCUT2D eigenvalue weighted by Crippen LogP contribution is -2.48. The molecular formula is C26H33N5O5S2. The maximum atomic E-state index is 12.7. The summed E-state index contributed by atoms with van der Waals surface area (Å²) >= 11 is 6.65. The number of hydrogen-bond donors (Lipinski definition) is 3. The Morgan fingerprint density at radius 1 is 1.13 bits per heavy atom. The number of thiazole rings is 1. The van der Waals surface area contributed by atoms with Crippen molar-refractivity contribution in [1.82, 2.24) is 26.1 Å². The molecule has 0 aliphatic carbocycles. The Hall–Kier alpha value is -3.09. The number of ketones is 1. The fourth-order valence-corrected chi connectivity index (χ4v) is 5.59. The zero-order chi connectivity index (χ0) is 26.9. The van der Waals surface area contributed by atoms with Crippen LogP contribution in [0.1, 0.15) is 70.3 Å². The molecule has 3 N–H and O–H groups in total. The van der Waals surface area contributed by atoms with Crippen molar-refractivity contribution in [3.05, 3.63) is 45.9 Å². The van der Waals surface area contributed by atoms with Crippen molar-refractivity contribution < 1.29 is 23.9 Å². The second kappa shape index (κ2) is 13.6. The lowest BCUT2D eigenvalue weighted by molar-refractivity contribution is -0.132. The highest BCUT2D eigenvalue weighted by Crippen LogP contribution is 2.30. The van der Waals surface area contributed by atoms with Gasteiger partial charge >= 0.3 is 0 Å². The summed E-state index contributed by atoms with van der Waals surface area (Å²) in [6.07, 6.45) is 4.10. The molecule has 2 saturated heterocycles. The molecule has 2 fully saturated rings. The molecule has 2 aromatic rings. The number of Topliss-reactive ketones (excluding diaryl/α,β-unsaturated/α-hetero) is 1. The molecule has 12 heteroatoms. The first-order valence-electron chi connectivity index (χ1n) is 12.8. The molecule has 10 nitrogen and oxygen atoms in total. The third-order valence-corrected chi connectivity index (χ3v) is 7.99. The van der Waals surface area contributed by atoms with Crippen LogP contribution in [-0.2, 0) is 9.53 Å². The van der Waals surface area contributed by atoms with Crippen LogP contribution >= 0.6 is 23.6 Å². The summed E-state index contributed by atoms with van der Waals surface area (Å²) in [7, 11) is 1.57. The van der Waals surface area contributed by atoms with E-state index in [-0.39, 0.29) is 42.5 Å². The third-order valence-electron chi connectivity index (χ3n) is 6.73. The fraction of sp³-hybridized carbons (Fsp3) is 0.500. The molecule has 0 bridgehead atoms. The highest BCUT2D eigenvalue weighted by atomic mass is 32.1. The van der Waals surface area contributed by atoms with Gasteiger partial charge in [0.05, 0.1) is 18.2 Å². The van der Waals surface area contributed by atoms with Crippen LogP contribution in [0.2, 0.25) is 0 Å². The Bertz CT molecular complexity index is 1130. The molecular weight excluding hydrogens is 526 g/mol. The van der Waals surface area contributed by atoms with Crippen molar-refractivity contribution in [3.63, 3.8) is 0 Å². The van der Waals surface area contributed by atoms with Crippen LogP contribution in [0.25, 0.3) is 0 Å². The van der Waals surface area contributed by atoms with Gasteiger partial charge in [-0.1, -0.05) is 0 Å². The Balaban J connectivity index is 1.16. The Morgan fingerprint density at radius 3 is 2.58 bits per heavy atom. The number of nitrogens with one attached hydrogen (secondary N) is 3.